The summed E-state index contributed by atoms with van der Waals surface area (Å²) in [5, 5.41) is 11.1. The Morgan fingerprint density at radius 1 is 0.971 bits per heavy atom. The molecule has 0 amide bonds. The number of aromatic nitrogens is 1. The number of aryl methyl sites for hydroxylation is 1. The molecule has 5 rings (SSSR count). The summed E-state index contributed by atoms with van der Waals surface area (Å²) in [6.07, 6.45) is 1.21. The number of nitrogens with one attached hydrogen (secondary N) is 2. The van der Waals surface area contributed by atoms with Gasteiger partial charge in [-0.2, -0.15) is 0 Å². The molecule has 34 heavy (non-hydrogen) atoms. The van der Waals surface area contributed by atoms with E-state index in [0.29, 0.717) is 12.8 Å². The van der Waals surface area contributed by atoms with Gasteiger partial charge in [0, 0.05) is 22.8 Å². The van der Waals surface area contributed by atoms with Gasteiger partial charge in [0.15, 0.2) is 5.76 Å². The summed E-state index contributed by atoms with van der Waals surface area (Å²) in [5.74, 6) is -0.359. The van der Waals surface area contributed by atoms with Crippen LogP contribution in [0.15, 0.2) is 88.2 Å². The molecule has 7 nitrogen and oxygen atoms in total. The first kappa shape index (κ1) is 21.9. The van der Waals surface area contributed by atoms with Gasteiger partial charge in [0.2, 0.25) is 10.0 Å². The number of aromatic carboxylic acids is 1. The van der Waals surface area contributed by atoms with Crippen molar-refractivity contribution in [3.63, 3.8) is 0 Å². The lowest BCUT2D eigenvalue weighted by Crippen LogP contribution is -2.25. The Labute approximate surface area is 196 Å². The number of hydrogen-bond acceptors (Lipinski definition) is 4. The van der Waals surface area contributed by atoms with Gasteiger partial charge in [-0.15, -0.1) is 0 Å². The van der Waals surface area contributed by atoms with Crippen molar-refractivity contribution in [3.05, 3.63) is 90.0 Å². The van der Waals surface area contributed by atoms with Crippen LogP contribution in [-0.2, 0) is 16.4 Å². The number of carboxylic acids is 1. The molecule has 0 fully saturated rings. The van der Waals surface area contributed by atoms with Crippen LogP contribution in [-0.4, -0.2) is 31.0 Å². The third-order valence-electron chi connectivity index (χ3n) is 5.79. The SMILES string of the molecule is O=C(O)c1ccc(S(=O)(=O)NCCCc2c(-c3cc4ccccc4o3)[nH]c3ccccc23)cc1. The maximum absolute atomic E-state index is 12.6. The van der Waals surface area contributed by atoms with Gasteiger partial charge >= 0.3 is 5.97 Å². The van der Waals surface area contributed by atoms with Crippen LogP contribution in [0.25, 0.3) is 33.3 Å². The Hall–Kier alpha value is -3.88. The third-order valence-corrected chi connectivity index (χ3v) is 7.27. The smallest absolute Gasteiger partial charge is 0.335 e. The molecule has 0 atom stereocenters. The fourth-order valence-corrected chi connectivity index (χ4v) is 5.18. The van der Waals surface area contributed by atoms with Crippen LogP contribution in [0.5, 0.6) is 0 Å². The van der Waals surface area contributed by atoms with Gasteiger partial charge in [-0.25, -0.2) is 17.9 Å². The van der Waals surface area contributed by atoms with Gasteiger partial charge in [-0.05, 0) is 60.9 Å². The Morgan fingerprint density at radius 3 is 2.47 bits per heavy atom. The maximum Gasteiger partial charge on any atom is 0.335 e. The number of H-pyrrole nitrogens is 1. The summed E-state index contributed by atoms with van der Waals surface area (Å²) in [4.78, 5) is 14.5. The van der Waals surface area contributed by atoms with Crippen LogP contribution in [0.4, 0.5) is 0 Å². The van der Waals surface area contributed by atoms with Crippen LogP contribution < -0.4 is 4.72 Å². The molecule has 0 aliphatic carbocycles. The van der Waals surface area contributed by atoms with Crippen LogP contribution in [0, 0.1) is 0 Å². The number of sulfonamides is 1. The fraction of sp³-hybridized carbons (Fsp3) is 0.115. The second-order valence-electron chi connectivity index (χ2n) is 8.00. The van der Waals surface area contributed by atoms with Crippen molar-refractivity contribution >= 4 is 37.9 Å². The van der Waals surface area contributed by atoms with Crippen molar-refractivity contribution in [2.24, 2.45) is 0 Å². The van der Waals surface area contributed by atoms with E-state index in [1.807, 2.05) is 54.6 Å². The number of carboxylic acid groups (broad SMARTS) is 1. The summed E-state index contributed by atoms with van der Waals surface area (Å²) in [5.41, 5.74) is 3.80. The van der Waals surface area contributed by atoms with Gasteiger partial charge in [0.25, 0.3) is 0 Å². The Balaban J connectivity index is 1.35. The average Bonchev–Trinajstić information content (AvgIpc) is 3.43. The average molecular weight is 475 g/mol. The first-order valence-electron chi connectivity index (χ1n) is 10.8. The summed E-state index contributed by atoms with van der Waals surface area (Å²) in [6.45, 7) is 0.238. The third kappa shape index (κ3) is 4.21. The molecule has 0 saturated heterocycles. The topological polar surface area (TPSA) is 112 Å². The van der Waals surface area contributed by atoms with E-state index in [-0.39, 0.29) is 17.0 Å². The number of para-hydroxylation sites is 2. The largest absolute Gasteiger partial charge is 0.478 e. The van der Waals surface area contributed by atoms with Crippen molar-refractivity contribution in [3.8, 4) is 11.5 Å². The first-order valence-corrected chi connectivity index (χ1v) is 12.3. The molecule has 0 spiro atoms. The van der Waals surface area contributed by atoms with Gasteiger partial charge in [-0.1, -0.05) is 36.4 Å². The zero-order chi connectivity index (χ0) is 23.7. The van der Waals surface area contributed by atoms with E-state index >= 15 is 0 Å². The molecular weight excluding hydrogens is 452 g/mol. The van der Waals surface area contributed by atoms with E-state index in [1.165, 1.54) is 24.3 Å². The van der Waals surface area contributed by atoms with Crippen LogP contribution in [0.1, 0.15) is 22.3 Å². The minimum Gasteiger partial charge on any atom is -0.478 e. The van der Waals surface area contributed by atoms with Crippen LogP contribution >= 0.6 is 0 Å². The van der Waals surface area contributed by atoms with E-state index in [4.69, 9.17) is 9.52 Å². The number of fused-ring (bicyclic) bond motifs is 2. The van der Waals surface area contributed by atoms with Crippen LogP contribution in [0.3, 0.4) is 0 Å². The molecule has 172 valence electrons. The predicted octanol–water partition coefficient (Wildman–Crippen LogP) is 5.19. The maximum atomic E-state index is 12.6. The minimum absolute atomic E-state index is 0.0348. The second kappa shape index (κ2) is 8.81. The highest BCUT2D eigenvalue weighted by atomic mass is 32.2. The molecule has 8 heteroatoms. The van der Waals surface area contributed by atoms with Crippen molar-refractivity contribution < 1.29 is 22.7 Å². The predicted molar refractivity (Wildman–Crippen MR) is 130 cm³/mol. The number of furan rings is 1. The molecule has 0 aliphatic rings. The van der Waals surface area contributed by atoms with Crippen molar-refractivity contribution in [2.75, 3.05) is 6.54 Å². The van der Waals surface area contributed by atoms with E-state index in [9.17, 15) is 13.2 Å². The molecule has 3 aromatic carbocycles. The van der Waals surface area contributed by atoms with Gasteiger partial charge in [0.05, 0.1) is 16.2 Å². The van der Waals surface area contributed by atoms with E-state index in [0.717, 1.165) is 38.9 Å². The monoisotopic (exact) mass is 474 g/mol. The molecule has 0 saturated carbocycles. The molecule has 3 N–H and O–H groups in total. The Morgan fingerprint density at radius 2 is 1.71 bits per heavy atom. The molecule has 0 radical (unpaired) electrons. The highest BCUT2D eigenvalue weighted by Crippen LogP contribution is 2.34. The summed E-state index contributed by atoms with van der Waals surface area (Å²) >= 11 is 0. The quantitative estimate of drug-likeness (QED) is 0.268. The Bertz CT molecular complexity index is 1560. The number of benzene rings is 3. The fourth-order valence-electron chi connectivity index (χ4n) is 4.11. The second-order valence-corrected chi connectivity index (χ2v) is 9.77. The van der Waals surface area contributed by atoms with E-state index in [1.54, 1.807) is 0 Å². The minimum atomic E-state index is -3.74. The highest BCUT2D eigenvalue weighted by Gasteiger charge is 2.18. The zero-order valence-electron chi connectivity index (χ0n) is 18.1. The Kier molecular flexibility index (Phi) is 5.69. The van der Waals surface area contributed by atoms with Crippen molar-refractivity contribution in [1.29, 1.82) is 0 Å². The lowest BCUT2D eigenvalue weighted by molar-refractivity contribution is 0.0696. The van der Waals surface area contributed by atoms with Gasteiger partial charge in [-0.3, -0.25) is 0 Å². The zero-order valence-corrected chi connectivity index (χ0v) is 18.9. The van der Waals surface area contributed by atoms with Crippen LogP contribution in [0.2, 0.25) is 0 Å². The number of aromatic amines is 1. The summed E-state index contributed by atoms with van der Waals surface area (Å²) < 4.78 is 33.9. The van der Waals surface area contributed by atoms with Crippen molar-refractivity contribution in [1.82, 2.24) is 9.71 Å². The molecule has 2 aromatic heterocycles. The lowest BCUT2D eigenvalue weighted by Gasteiger charge is -2.08. The molecule has 0 unspecified atom stereocenters. The standard InChI is InChI=1S/C26H22N2O5S/c29-26(30)17-11-13-19(14-12-17)34(31,32)27-15-5-8-21-20-7-2-3-9-22(20)28-25(21)24-16-18-6-1-4-10-23(18)33-24/h1-4,6-7,9-14,16,27-28H,5,8,15H2,(H,29,30). The van der Waals surface area contributed by atoms with Gasteiger partial charge in [0.1, 0.15) is 5.58 Å². The number of carbonyl (C=O) groups is 1. The highest BCUT2D eigenvalue weighted by molar-refractivity contribution is 7.89. The first-order chi connectivity index (χ1) is 16.4. The number of hydrogen-bond donors (Lipinski definition) is 3. The molecule has 0 bridgehead atoms. The number of rotatable bonds is 8. The lowest BCUT2D eigenvalue weighted by atomic mass is 10.0. The van der Waals surface area contributed by atoms with E-state index in [2.05, 4.69) is 9.71 Å². The molecule has 2 heterocycles. The molecule has 0 aliphatic heterocycles. The van der Waals surface area contributed by atoms with Crippen molar-refractivity contribution in [2.45, 2.75) is 17.7 Å². The molecule has 5 aromatic rings. The van der Waals surface area contributed by atoms with E-state index < -0.39 is 16.0 Å². The summed E-state index contributed by atoms with van der Waals surface area (Å²) in [7, 11) is -3.74. The van der Waals surface area contributed by atoms with Gasteiger partial charge < -0.3 is 14.5 Å². The normalized spacial score (nSPS) is 11.9. The molecular formula is C26H22N2O5S. The summed E-state index contributed by atoms with van der Waals surface area (Å²) in [6, 6.07) is 23.0.